The monoisotopic (exact) mass is 291 g/mol. The fourth-order valence-corrected chi connectivity index (χ4v) is 2.67. The molecule has 0 saturated heterocycles. The lowest BCUT2D eigenvalue weighted by molar-refractivity contribution is 0.588. The standard InChI is InChI=1S/C21H25N/c1-15-6-8-19(9-7-15)16(2)10-17-11-18(14-22)13-20(12-17)21(3,4)5/h6-9,11-13,16H,10H2,1-5H3. The Morgan fingerprint density at radius 2 is 1.68 bits per heavy atom. The van der Waals surface area contributed by atoms with E-state index in [0.717, 1.165) is 12.0 Å². The third-order valence-corrected chi connectivity index (χ3v) is 4.18. The Morgan fingerprint density at radius 1 is 1.05 bits per heavy atom. The summed E-state index contributed by atoms with van der Waals surface area (Å²) < 4.78 is 0. The van der Waals surface area contributed by atoms with Gasteiger partial charge in [0.15, 0.2) is 0 Å². The minimum atomic E-state index is 0.0642. The van der Waals surface area contributed by atoms with Crippen LogP contribution < -0.4 is 0 Å². The lowest BCUT2D eigenvalue weighted by Crippen LogP contribution is -2.12. The van der Waals surface area contributed by atoms with Crippen LogP contribution in [-0.4, -0.2) is 0 Å². The van der Waals surface area contributed by atoms with E-state index in [1.54, 1.807) is 0 Å². The molecule has 1 unspecified atom stereocenters. The average molecular weight is 291 g/mol. The van der Waals surface area contributed by atoms with Gasteiger partial charge in [-0.05, 0) is 53.5 Å². The zero-order valence-corrected chi connectivity index (χ0v) is 14.3. The Hall–Kier alpha value is -2.07. The Morgan fingerprint density at radius 3 is 2.23 bits per heavy atom. The first-order valence-electron chi connectivity index (χ1n) is 7.90. The summed E-state index contributed by atoms with van der Waals surface area (Å²) in [6, 6.07) is 17.3. The van der Waals surface area contributed by atoms with E-state index in [1.807, 2.05) is 12.1 Å². The van der Waals surface area contributed by atoms with Gasteiger partial charge in [-0.3, -0.25) is 0 Å². The smallest absolute Gasteiger partial charge is 0.0991 e. The Balaban J connectivity index is 2.29. The number of nitrogens with zero attached hydrogens (tertiary/aromatic N) is 1. The fraction of sp³-hybridized carbons (Fsp3) is 0.381. The van der Waals surface area contributed by atoms with Gasteiger partial charge in [-0.25, -0.2) is 0 Å². The summed E-state index contributed by atoms with van der Waals surface area (Å²) in [5, 5.41) is 9.28. The van der Waals surface area contributed by atoms with E-state index >= 15 is 0 Å². The lowest BCUT2D eigenvalue weighted by Gasteiger charge is -2.21. The van der Waals surface area contributed by atoms with Crippen molar-refractivity contribution in [2.24, 2.45) is 0 Å². The van der Waals surface area contributed by atoms with Crippen LogP contribution in [0.3, 0.4) is 0 Å². The van der Waals surface area contributed by atoms with Crippen LogP contribution in [-0.2, 0) is 11.8 Å². The number of hydrogen-bond acceptors (Lipinski definition) is 1. The molecule has 0 N–H and O–H groups in total. The maximum Gasteiger partial charge on any atom is 0.0991 e. The van der Waals surface area contributed by atoms with Gasteiger partial charge in [0.1, 0.15) is 0 Å². The molecule has 0 aromatic heterocycles. The summed E-state index contributed by atoms with van der Waals surface area (Å²) in [5.41, 5.74) is 5.95. The molecule has 0 aliphatic carbocycles. The second-order valence-electron chi connectivity index (χ2n) is 7.30. The largest absolute Gasteiger partial charge is 0.192 e. The number of hydrogen-bond donors (Lipinski definition) is 0. The second kappa shape index (κ2) is 6.36. The van der Waals surface area contributed by atoms with Gasteiger partial charge in [0.05, 0.1) is 11.6 Å². The third-order valence-electron chi connectivity index (χ3n) is 4.18. The van der Waals surface area contributed by atoms with Crippen molar-refractivity contribution in [3.63, 3.8) is 0 Å². The highest BCUT2D eigenvalue weighted by molar-refractivity contribution is 5.41. The molecule has 22 heavy (non-hydrogen) atoms. The number of nitriles is 1. The van der Waals surface area contributed by atoms with Gasteiger partial charge in [0, 0.05) is 0 Å². The molecule has 2 aromatic rings. The van der Waals surface area contributed by atoms with Crippen LogP contribution in [0.2, 0.25) is 0 Å². The van der Waals surface area contributed by atoms with Crippen molar-refractivity contribution in [3.05, 3.63) is 70.3 Å². The minimum absolute atomic E-state index is 0.0642. The molecule has 1 heteroatoms. The SMILES string of the molecule is Cc1ccc(C(C)Cc2cc(C#N)cc(C(C)(C)C)c2)cc1. The van der Waals surface area contributed by atoms with Gasteiger partial charge in [0.2, 0.25) is 0 Å². The Bertz CT molecular complexity index is 681. The second-order valence-corrected chi connectivity index (χ2v) is 7.30. The van der Waals surface area contributed by atoms with Crippen LogP contribution in [0.25, 0.3) is 0 Å². The highest BCUT2D eigenvalue weighted by Gasteiger charge is 2.16. The van der Waals surface area contributed by atoms with Crippen molar-refractivity contribution in [1.82, 2.24) is 0 Å². The highest BCUT2D eigenvalue weighted by atomic mass is 14.3. The van der Waals surface area contributed by atoms with Crippen molar-refractivity contribution < 1.29 is 0 Å². The molecular formula is C21H25N. The van der Waals surface area contributed by atoms with Crippen LogP contribution in [0.5, 0.6) is 0 Å². The van der Waals surface area contributed by atoms with Crippen molar-refractivity contribution in [3.8, 4) is 6.07 Å². The summed E-state index contributed by atoms with van der Waals surface area (Å²) >= 11 is 0. The molecule has 0 heterocycles. The van der Waals surface area contributed by atoms with Crippen LogP contribution in [0.1, 0.15) is 61.4 Å². The van der Waals surface area contributed by atoms with Gasteiger partial charge in [-0.1, -0.05) is 63.6 Å². The van der Waals surface area contributed by atoms with Crippen LogP contribution >= 0.6 is 0 Å². The zero-order valence-electron chi connectivity index (χ0n) is 14.3. The van der Waals surface area contributed by atoms with E-state index in [4.69, 9.17) is 0 Å². The summed E-state index contributed by atoms with van der Waals surface area (Å²) in [5.74, 6) is 0.447. The van der Waals surface area contributed by atoms with E-state index in [1.165, 1.54) is 22.3 Å². The number of aryl methyl sites for hydroxylation is 1. The van der Waals surface area contributed by atoms with Crippen molar-refractivity contribution in [2.75, 3.05) is 0 Å². The maximum atomic E-state index is 9.28. The van der Waals surface area contributed by atoms with E-state index in [0.29, 0.717) is 5.92 Å². The normalized spacial score (nSPS) is 12.7. The molecule has 1 nitrogen and oxygen atoms in total. The first-order chi connectivity index (χ1) is 10.3. The fourth-order valence-electron chi connectivity index (χ4n) is 2.67. The molecule has 0 amide bonds. The van der Waals surface area contributed by atoms with Gasteiger partial charge < -0.3 is 0 Å². The van der Waals surface area contributed by atoms with E-state index < -0.39 is 0 Å². The topological polar surface area (TPSA) is 23.8 Å². The summed E-state index contributed by atoms with van der Waals surface area (Å²) in [7, 11) is 0. The Kier molecular flexibility index (Phi) is 4.71. The molecule has 0 fully saturated rings. The van der Waals surface area contributed by atoms with E-state index in [2.05, 4.69) is 71.0 Å². The van der Waals surface area contributed by atoms with Crippen molar-refractivity contribution >= 4 is 0 Å². The minimum Gasteiger partial charge on any atom is -0.192 e. The molecule has 0 aliphatic heterocycles. The predicted octanol–water partition coefficient (Wildman–Crippen LogP) is 5.51. The number of rotatable bonds is 3. The summed E-state index contributed by atoms with van der Waals surface area (Å²) in [4.78, 5) is 0. The maximum absolute atomic E-state index is 9.28. The van der Waals surface area contributed by atoms with Crippen LogP contribution in [0.4, 0.5) is 0 Å². The molecule has 2 rings (SSSR count). The van der Waals surface area contributed by atoms with Crippen LogP contribution in [0, 0.1) is 18.3 Å². The molecule has 0 spiro atoms. The molecular weight excluding hydrogens is 266 g/mol. The highest BCUT2D eigenvalue weighted by Crippen LogP contribution is 2.27. The molecule has 2 aromatic carbocycles. The third kappa shape index (κ3) is 3.98. The molecule has 0 aliphatic rings. The van der Waals surface area contributed by atoms with E-state index in [-0.39, 0.29) is 5.41 Å². The van der Waals surface area contributed by atoms with Crippen LogP contribution in [0.15, 0.2) is 42.5 Å². The van der Waals surface area contributed by atoms with Crippen molar-refractivity contribution in [2.45, 2.75) is 52.4 Å². The first-order valence-corrected chi connectivity index (χ1v) is 7.90. The van der Waals surface area contributed by atoms with E-state index in [9.17, 15) is 5.26 Å². The summed E-state index contributed by atoms with van der Waals surface area (Å²) in [6.07, 6.45) is 0.960. The van der Waals surface area contributed by atoms with Gasteiger partial charge in [-0.15, -0.1) is 0 Å². The summed E-state index contributed by atoms with van der Waals surface area (Å²) in [6.45, 7) is 10.9. The van der Waals surface area contributed by atoms with Gasteiger partial charge >= 0.3 is 0 Å². The van der Waals surface area contributed by atoms with Crippen molar-refractivity contribution in [1.29, 1.82) is 5.26 Å². The zero-order chi connectivity index (χ0) is 16.3. The average Bonchev–Trinajstić information content (AvgIpc) is 2.46. The molecule has 114 valence electrons. The molecule has 0 saturated carbocycles. The predicted molar refractivity (Wildman–Crippen MR) is 93.2 cm³/mol. The Labute approximate surface area is 134 Å². The molecule has 0 bridgehead atoms. The quantitative estimate of drug-likeness (QED) is 0.731. The molecule has 1 atom stereocenters. The van der Waals surface area contributed by atoms with Gasteiger partial charge in [-0.2, -0.15) is 5.26 Å². The number of benzene rings is 2. The lowest BCUT2D eigenvalue weighted by atomic mass is 9.83. The van der Waals surface area contributed by atoms with Gasteiger partial charge in [0.25, 0.3) is 0 Å². The first kappa shape index (κ1) is 16.3. The molecule has 0 radical (unpaired) electrons.